The summed E-state index contributed by atoms with van der Waals surface area (Å²) in [6, 6.07) is 2.81. The van der Waals surface area contributed by atoms with Crippen molar-refractivity contribution >= 4 is 5.91 Å². The van der Waals surface area contributed by atoms with Gasteiger partial charge in [0.1, 0.15) is 0 Å². The zero-order chi connectivity index (χ0) is 14.3. The zero-order valence-corrected chi connectivity index (χ0v) is 10.9. The van der Waals surface area contributed by atoms with Crippen LogP contribution in [0.4, 0.5) is 0 Å². The van der Waals surface area contributed by atoms with E-state index in [1.165, 1.54) is 12.1 Å². The number of amides is 1. The highest BCUT2D eigenvalue weighted by atomic mass is 16.3. The Kier molecular flexibility index (Phi) is 5.95. The average Bonchev–Trinajstić information content (AvgIpc) is 2.40. The van der Waals surface area contributed by atoms with Crippen molar-refractivity contribution in [1.82, 2.24) is 10.6 Å². The van der Waals surface area contributed by atoms with Crippen molar-refractivity contribution in [3.05, 3.63) is 17.7 Å². The molecule has 0 saturated carbocycles. The molecule has 0 unspecified atom stereocenters. The van der Waals surface area contributed by atoms with Gasteiger partial charge in [0.25, 0.3) is 0 Å². The van der Waals surface area contributed by atoms with Crippen molar-refractivity contribution in [2.24, 2.45) is 0 Å². The first-order chi connectivity index (χ1) is 9.06. The Morgan fingerprint density at radius 1 is 1.16 bits per heavy atom. The van der Waals surface area contributed by atoms with Crippen molar-refractivity contribution in [3.63, 3.8) is 0 Å². The molecular weight excluding hydrogens is 248 g/mol. The molecule has 0 aliphatic rings. The van der Waals surface area contributed by atoms with E-state index in [-0.39, 0.29) is 17.4 Å². The number of phenolic OH excluding ortho intramolecular Hbond substituents is 3. The first-order valence-electron chi connectivity index (χ1n) is 6.26. The van der Waals surface area contributed by atoms with Crippen LogP contribution in [0.15, 0.2) is 12.1 Å². The third-order valence-electron chi connectivity index (χ3n) is 2.63. The number of benzene rings is 1. The molecule has 0 aromatic heterocycles. The summed E-state index contributed by atoms with van der Waals surface area (Å²) < 4.78 is 0. The molecule has 1 amide bonds. The van der Waals surface area contributed by atoms with Crippen molar-refractivity contribution < 1.29 is 20.1 Å². The maximum absolute atomic E-state index is 11.3. The predicted molar refractivity (Wildman–Crippen MR) is 71.1 cm³/mol. The van der Waals surface area contributed by atoms with E-state index in [1.54, 1.807) is 0 Å². The highest BCUT2D eigenvalue weighted by Gasteiger charge is 2.10. The number of aromatic hydroxyl groups is 3. The van der Waals surface area contributed by atoms with E-state index < -0.39 is 5.75 Å². The van der Waals surface area contributed by atoms with Crippen LogP contribution in [0.25, 0.3) is 0 Å². The molecule has 0 atom stereocenters. The number of nitrogens with one attached hydrogen (secondary N) is 2. The summed E-state index contributed by atoms with van der Waals surface area (Å²) >= 11 is 0. The summed E-state index contributed by atoms with van der Waals surface area (Å²) in [4.78, 5) is 11.3. The Bertz CT molecular complexity index is 435. The fourth-order valence-electron chi connectivity index (χ4n) is 1.53. The number of rotatable bonds is 7. The fraction of sp³-hybridized carbons (Fsp3) is 0.462. The molecule has 6 nitrogen and oxygen atoms in total. The van der Waals surface area contributed by atoms with Gasteiger partial charge in [0.15, 0.2) is 11.5 Å². The third-order valence-corrected chi connectivity index (χ3v) is 2.63. The van der Waals surface area contributed by atoms with Crippen LogP contribution in [0.5, 0.6) is 17.2 Å². The lowest BCUT2D eigenvalue weighted by Crippen LogP contribution is -2.28. The Balaban J connectivity index is 2.34. The SMILES string of the molecule is CCCNC(=O)CCNCc1ccc(O)c(O)c1O. The topological polar surface area (TPSA) is 102 Å². The maximum atomic E-state index is 11.3. The molecule has 0 aliphatic carbocycles. The molecule has 5 N–H and O–H groups in total. The zero-order valence-electron chi connectivity index (χ0n) is 10.9. The smallest absolute Gasteiger partial charge is 0.221 e. The van der Waals surface area contributed by atoms with Gasteiger partial charge in [0.2, 0.25) is 11.7 Å². The summed E-state index contributed by atoms with van der Waals surface area (Å²) in [5.41, 5.74) is 0.462. The molecule has 0 saturated heterocycles. The van der Waals surface area contributed by atoms with Gasteiger partial charge in [-0.15, -0.1) is 0 Å². The lowest BCUT2D eigenvalue weighted by atomic mass is 10.1. The number of carbonyl (C=O) groups excluding carboxylic acids is 1. The van der Waals surface area contributed by atoms with E-state index in [1.807, 2.05) is 6.92 Å². The summed E-state index contributed by atoms with van der Waals surface area (Å²) in [5.74, 6) is -1.25. The minimum Gasteiger partial charge on any atom is -0.504 e. The van der Waals surface area contributed by atoms with Crippen molar-refractivity contribution in [2.75, 3.05) is 13.1 Å². The Hall–Kier alpha value is -1.95. The van der Waals surface area contributed by atoms with E-state index in [9.17, 15) is 15.0 Å². The van der Waals surface area contributed by atoms with Crippen LogP contribution in [0, 0.1) is 0 Å². The Morgan fingerprint density at radius 2 is 1.89 bits per heavy atom. The van der Waals surface area contributed by atoms with Gasteiger partial charge < -0.3 is 26.0 Å². The molecule has 1 rings (SSSR count). The van der Waals surface area contributed by atoms with Crippen LogP contribution in [-0.2, 0) is 11.3 Å². The first kappa shape index (κ1) is 15.1. The second-order valence-electron chi connectivity index (χ2n) is 4.22. The molecule has 0 aliphatic heterocycles. The molecule has 0 spiro atoms. The summed E-state index contributed by atoms with van der Waals surface area (Å²) in [6.45, 7) is 3.43. The molecule has 0 fully saturated rings. The normalized spacial score (nSPS) is 10.4. The van der Waals surface area contributed by atoms with Gasteiger partial charge in [-0.2, -0.15) is 0 Å². The number of phenols is 3. The second-order valence-corrected chi connectivity index (χ2v) is 4.22. The molecule has 19 heavy (non-hydrogen) atoms. The van der Waals surface area contributed by atoms with E-state index in [2.05, 4.69) is 10.6 Å². The lowest BCUT2D eigenvalue weighted by Gasteiger charge is -2.09. The lowest BCUT2D eigenvalue weighted by molar-refractivity contribution is -0.120. The number of hydrogen-bond donors (Lipinski definition) is 5. The van der Waals surface area contributed by atoms with Crippen LogP contribution in [-0.4, -0.2) is 34.3 Å². The van der Waals surface area contributed by atoms with Gasteiger partial charge in [-0.05, 0) is 12.5 Å². The minimum atomic E-state index is -0.528. The standard InChI is InChI=1S/C13H20N2O4/c1-2-6-15-11(17)5-7-14-8-9-3-4-10(16)13(19)12(9)18/h3-4,14,16,18-19H,2,5-8H2,1H3,(H,15,17). The van der Waals surface area contributed by atoms with Crippen LogP contribution in [0.2, 0.25) is 0 Å². The quantitative estimate of drug-likeness (QED) is 0.372. The van der Waals surface area contributed by atoms with E-state index in [4.69, 9.17) is 5.11 Å². The van der Waals surface area contributed by atoms with Crippen molar-refractivity contribution in [3.8, 4) is 17.2 Å². The average molecular weight is 268 g/mol. The van der Waals surface area contributed by atoms with Crippen LogP contribution in [0.3, 0.4) is 0 Å². The van der Waals surface area contributed by atoms with E-state index in [0.717, 1.165) is 6.42 Å². The molecule has 6 heteroatoms. The first-order valence-corrected chi connectivity index (χ1v) is 6.26. The predicted octanol–water partition coefficient (Wildman–Crippen LogP) is 0.809. The minimum absolute atomic E-state index is 0.0212. The van der Waals surface area contributed by atoms with Gasteiger partial charge in [-0.3, -0.25) is 4.79 Å². The molecule has 0 bridgehead atoms. The van der Waals surface area contributed by atoms with Gasteiger partial charge in [-0.25, -0.2) is 0 Å². The van der Waals surface area contributed by atoms with Gasteiger partial charge >= 0.3 is 0 Å². The highest BCUT2D eigenvalue weighted by molar-refractivity contribution is 5.75. The maximum Gasteiger partial charge on any atom is 0.221 e. The fourth-order valence-corrected chi connectivity index (χ4v) is 1.53. The Morgan fingerprint density at radius 3 is 2.58 bits per heavy atom. The molecule has 0 radical (unpaired) electrons. The van der Waals surface area contributed by atoms with E-state index in [0.29, 0.717) is 31.6 Å². The number of hydrogen-bond acceptors (Lipinski definition) is 5. The van der Waals surface area contributed by atoms with Crippen molar-refractivity contribution in [1.29, 1.82) is 0 Å². The molecule has 1 aromatic carbocycles. The molecule has 0 heterocycles. The van der Waals surface area contributed by atoms with Crippen LogP contribution >= 0.6 is 0 Å². The summed E-state index contributed by atoms with van der Waals surface area (Å²) in [5, 5.41) is 33.8. The number of carbonyl (C=O) groups is 1. The largest absolute Gasteiger partial charge is 0.504 e. The highest BCUT2D eigenvalue weighted by Crippen LogP contribution is 2.36. The second kappa shape index (κ2) is 7.48. The van der Waals surface area contributed by atoms with Gasteiger partial charge in [0.05, 0.1) is 0 Å². The van der Waals surface area contributed by atoms with E-state index >= 15 is 0 Å². The van der Waals surface area contributed by atoms with Crippen LogP contribution < -0.4 is 10.6 Å². The van der Waals surface area contributed by atoms with Crippen LogP contribution in [0.1, 0.15) is 25.3 Å². The molecule has 1 aromatic rings. The molecule has 106 valence electrons. The Labute approximate surface area is 112 Å². The van der Waals surface area contributed by atoms with Crippen molar-refractivity contribution in [2.45, 2.75) is 26.3 Å². The third kappa shape index (κ3) is 4.67. The monoisotopic (exact) mass is 268 g/mol. The summed E-state index contributed by atoms with van der Waals surface area (Å²) in [6.07, 6.45) is 1.25. The summed E-state index contributed by atoms with van der Waals surface area (Å²) in [7, 11) is 0. The molecular formula is C13H20N2O4. The van der Waals surface area contributed by atoms with Gasteiger partial charge in [-0.1, -0.05) is 13.0 Å². The van der Waals surface area contributed by atoms with Gasteiger partial charge in [0, 0.05) is 31.6 Å².